The summed E-state index contributed by atoms with van der Waals surface area (Å²) in [6, 6.07) is 0. The van der Waals surface area contributed by atoms with E-state index in [1.165, 1.54) is 96.3 Å². The molecule has 0 aromatic carbocycles. The maximum atomic E-state index is 11.6. The van der Waals surface area contributed by atoms with E-state index >= 15 is 0 Å². The molecule has 0 fully saturated rings. The Morgan fingerprint density at radius 2 is 0.852 bits per heavy atom. The number of hydrogen-bond donors (Lipinski definition) is 0. The van der Waals surface area contributed by atoms with Crippen LogP contribution >= 0.6 is 0 Å². The van der Waals surface area contributed by atoms with Crippen molar-refractivity contribution in [3.63, 3.8) is 0 Å². The molecule has 0 heterocycles. The van der Waals surface area contributed by atoms with Crippen molar-refractivity contribution in [1.29, 1.82) is 0 Å². The quantitative estimate of drug-likeness (QED) is 0.225. The summed E-state index contributed by atoms with van der Waals surface area (Å²) in [6.45, 7) is 6.40. The second-order valence-corrected chi connectivity index (χ2v) is 8.65. The van der Waals surface area contributed by atoms with E-state index in [0.717, 1.165) is 25.7 Å². The summed E-state index contributed by atoms with van der Waals surface area (Å²) in [5.41, 5.74) is -0.608. The molecule has 0 aliphatic rings. The predicted octanol–water partition coefficient (Wildman–Crippen LogP) is 4.20. The molecule has 27 heavy (non-hydrogen) atoms. The van der Waals surface area contributed by atoms with Gasteiger partial charge in [0.1, 0.15) is 0 Å². The third kappa shape index (κ3) is 18.9. The second kappa shape index (κ2) is 21.8. The molecule has 0 bridgehead atoms. The molecule has 3 heteroatoms. The molecule has 0 saturated carbocycles. The number of rotatable bonds is 20. The Balaban J connectivity index is 0. The fraction of sp³-hybridized carbons (Fsp3) is 0.958. The van der Waals surface area contributed by atoms with Gasteiger partial charge in [-0.1, -0.05) is 130 Å². The van der Waals surface area contributed by atoms with Crippen LogP contribution in [-0.4, -0.2) is 5.97 Å². The summed E-state index contributed by atoms with van der Waals surface area (Å²) in [5.74, 6) is -0.834. The van der Waals surface area contributed by atoms with E-state index in [-0.39, 0.29) is 51.4 Å². The van der Waals surface area contributed by atoms with Crippen LogP contribution in [0.15, 0.2) is 0 Å². The van der Waals surface area contributed by atoms with E-state index in [1.807, 2.05) is 6.92 Å². The maximum absolute atomic E-state index is 11.6. The van der Waals surface area contributed by atoms with Gasteiger partial charge in [0, 0.05) is 11.4 Å². The fourth-order valence-corrected chi connectivity index (χ4v) is 3.80. The van der Waals surface area contributed by atoms with Gasteiger partial charge in [0.15, 0.2) is 0 Å². The van der Waals surface area contributed by atoms with Crippen molar-refractivity contribution in [3.8, 4) is 0 Å². The molecule has 0 N–H and O–H groups in total. The Kier molecular flexibility index (Phi) is 24.5. The molecule has 2 nitrogen and oxygen atoms in total. The van der Waals surface area contributed by atoms with E-state index in [4.69, 9.17) is 0 Å². The molecular weight excluding hydrogens is 359 g/mol. The molecule has 1 atom stereocenters. The van der Waals surface area contributed by atoms with Crippen LogP contribution in [0.5, 0.6) is 0 Å². The molecule has 0 aromatic heterocycles. The zero-order valence-corrected chi connectivity index (χ0v) is 22.4. The third-order valence-corrected chi connectivity index (χ3v) is 5.91. The second-order valence-electron chi connectivity index (χ2n) is 8.65. The number of aliphatic carboxylic acids is 1. The molecule has 1 unspecified atom stereocenters. The van der Waals surface area contributed by atoms with Gasteiger partial charge in [-0.3, -0.25) is 0 Å². The Morgan fingerprint density at radius 3 is 1.11 bits per heavy atom. The van der Waals surface area contributed by atoms with Gasteiger partial charge in [0.05, 0.1) is 0 Å². The Bertz CT molecular complexity index is 320. The summed E-state index contributed by atoms with van der Waals surface area (Å²) in [4.78, 5) is 11.6. The monoisotopic (exact) mass is 406 g/mol. The molecule has 156 valence electrons. The summed E-state index contributed by atoms with van der Waals surface area (Å²) in [6.07, 6.45) is 23.2. The van der Waals surface area contributed by atoms with E-state index in [2.05, 4.69) is 13.8 Å². The number of unbranched alkanes of at least 4 members (excludes halogenated alkanes) is 15. The minimum absolute atomic E-state index is 0. The first kappa shape index (κ1) is 30.3. The topological polar surface area (TPSA) is 40.1 Å². The van der Waals surface area contributed by atoms with E-state index in [9.17, 15) is 9.90 Å². The standard InChI is InChI=1S/C24H48O2.K/c1-4-6-8-10-12-13-14-16-18-20-22-24(3,23(25)26)21-19-17-15-11-9-7-5-2;/h4-22H2,1-3H3,(H,25,26);/q;+1/p-1. The minimum atomic E-state index is -0.834. The van der Waals surface area contributed by atoms with E-state index in [0.29, 0.717) is 0 Å². The summed E-state index contributed by atoms with van der Waals surface area (Å²) in [5, 5.41) is 11.6. The van der Waals surface area contributed by atoms with Gasteiger partial charge in [-0.05, 0) is 12.8 Å². The van der Waals surface area contributed by atoms with Gasteiger partial charge in [-0.25, -0.2) is 0 Å². The van der Waals surface area contributed by atoms with Gasteiger partial charge >= 0.3 is 51.4 Å². The Morgan fingerprint density at radius 1 is 0.593 bits per heavy atom. The van der Waals surface area contributed by atoms with Crippen molar-refractivity contribution in [2.75, 3.05) is 0 Å². The van der Waals surface area contributed by atoms with Crippen molar-refractivity contribution >= 4 is 5.97 Å². The van der Waals surface area contributed by atoms with Gasteiger partial charge in [-0.2, -0.15) is 0 Å². The van der Waals surface area contributed by atoms with Crippen LogP contribution in [0.3, 0.4) is 0 Å². The SMILES string of the molecule is CCCCCCCCCCCCC(C)(CCCCCCCCC)C(=O)[O-].[K+]. The first-order chi connectivity index (χ1) is 12.6. The number of hydrogen-bond acceptors (Lipinski definition) is 2. The maximum Gasteiger partial charge on any atom is 1.00 e. The zero-order chi connectivity index (χ0) is 19.5. The zero-order valence-electron chi connectivity index (χ0n) is 19.3. The number of carbonyl (C=O) groups is 1. The minimum Gasteiger partial charge on any atom is -0.550 e. The molecule has 0 radical (unpaired) electrons. The van der Waals surface area contributed by atoms with Crippen LogP contribution in [0.2, 0.25) is 0 Å². The molecule has 0 rings (SSSR count). The predicted molar refractivity (Wildman–Crippen MR) is 112 cm³/mol. The summed E-state index contributed by atoms with van der Waals surface area (Å²) in [7, 11) is 0. The van der Waals surface area contributed by atoms with Crippen molar-refractivity contribution in [2.24, 2.45) is 5.41 Å². The van der Waals surface area contributed by atoms with Crippen molar-refractivity contribution < 1.29 is 61.3 Å². The third-order valence-electron chi connectivity index (χ3n) is 5.91. The number of carboxylic acids is 1. The fourth-order valence-electron chi connectivity index (χ4n) is 3.80. The van der Waals surface area contributed by atoms with E-state index < -0.39 is 11.4 Å². The van der Waals surface area contributed by atoms with Crippen molar-refractivity contribution in [2.45, 2.75) is 143 Å². The average molecular weight is 407 g/mol. The van der Waals surface area contributed by atoms with E-state index in [1.54, 1.807) is 0 Å². The van der Waals surface area contributed by atoms with Crippen LogP contribution in [-0.2, 0) is 4.79 Å². The summed E-state index contributed by atoms with van der Waals surface area (Å²) < 4.78 is 0. The first-order valence-corrected chi connectivity index (χ1v) is 11.8. The largest absolute Gasteiger partial charge is 1.00 e. The molecule has 0 amide bonds. The van der Waals surface area contributed by atoms with Gasteiger partial charge in [0.2, 0.25) is 0 Å². The Labute approximate surface area is 213 Å². The smallest absolute Gasteiger partial charge is 0.550 e. The average Bonchev–Trinajstić information content (AvgIpc) is 2.62. The molecule has 0 spiro atoms. The Hall–Kier alpha value is 1.11. The van der Waals surface area contributed by atoms with Crippen LogP contribution in [0.1, 0.15) is 143 Å². The van der Waals surface area contributed by atoms with Crippen LogP contribution in [0.4, 0.5) is 0 Å². The first-order valence-electron chi connectivity index (χ1n) is 11.8. The van der Waals surface area contributed by atoms with Crippen LogP contribution < -0.4 is 56.5 Å². The molecule has 0 saturated heterocycles. The van der Waals surface area contributed by atoms with Crippen LogP contribution in [0, 0.1) is 5.41 Å². The van der Waals surface area contributed by atoms with Gasteiger partial charge in [0.25, 0.3) is 0 Å². The van der Waals surface area contributed by atoms with Gasteiger partial charge < -0.3 is 9.90 Å². The number of carboxylic acid groups (broad SMARTS) is 1. The molecule has 0 aliphatic heterocycles. The molecular formula is C24H47KO2. The molecule has 0 aliphatic carbocycles. The van der Waals surface area contributed by atoms with Crippen molar-refractivity contribution in [1.82, 2.24) is 0 Å². The van der Waals surface area contributed by atoms with Crippen molar-refractivity contribution in [3.05, 3.63) is 0 Å². The molecule has 0 aromatic rings. The van der Waals surface area contributed by atoms with Gasteiger partial charge in [-0.15, -0.1) is 0 Å². The van der Waals surface area contributed by atoms with Crippen LogP contribution in [0.25, 0.3) is 0 Å². The summed E-state index contributed by atoms with van der Waals surface area (Å²) >= 11 is 0. The number of carbonyl (C=O) groups excluding carboxylic acids is 1. The normalized spacial score (nSPS) is 13.1.